The maximum atomic E-state index is 13.0. The van der Waals surface area contributed by atoms with Gasteiger partial charge < -0.3 is 15.5 Å². The molecule has 1 aromatic carbocycles. The third kappa shape index (κ3) is 2.79. The van der Waals surface area contributed by atoms with Crippen LogP contribution in [0.25, 0.3) is 0 Å². The highest BCUT2D eigenvalue weighted by molar-refractivity contribution is 5.99. The number of amides is 1. The SMILES string of the molecule is CN1CCCN(C(=O)c2ccc(F)cc2N)CC1. The van der Waals surface area contributed by atoms with Gasteiger partial charge in [-0.2, -0.15) is 0 Å². The second kappa shape index (κ2) is 5.35. The lowest BCUT2D eigenvalue weighted by molar-refractivity contribution is 0.0764. The molecule has 0 aromatic heterocycles. The van der Waals surface area contributed by atoms with E-state index in [9.17, 15) is 9.18 Å². The molecule has 1 fully saturated rings. The van der Waals surface area contributed by atoms with Crippen molar-refractivity contribution < 1.29 is 9.18 Å². The molecule has 18 heavy (non-hydrogen) atoms. The number of nitrogens with zero attached hydrogens (tertiary/aromatic N) is 2. The molecular weight excluding hydrogens is 233 g/mol. The van der Waals surface area contributed by atoms with Gasteiger partial charge >= 0.3 is 0 Å². The van der Waals surface area contributed by atoms with Crippen molar-refractivity contribution in [2.75, 3.05) is 39.0 Å². The van der Waals surface area contributed by atoms with E-state index in [1.807, 2.05) is 7.05 Å². The van der Waals surface area contributed by atoms with Crippen LogP contribution in [-0.2, 0) is 0 Å². The van der Waals surface area contributed by atoms with Gasteiger partial charge in [0.25, 0.3) is 5.91 Å². The number of likely N-dealkylation sites (N-methyl/N-ethyl adjacent to an activating group) is 1. The van der Waals surface area contributed by atoms with Crippen LogP contribution < -0.4 is 5.73 Å². The van der Waals surface area contributed by atoms with Crippen LogP contribution in [0.5, 0.6) is 0 Å². The Hall–Kier alpha value is -1.62. The molecule has 1 amide bonds. The van der Waals surface area contributed by atoms with Crippen molar-refractivity contribution in [3.63, 3.8) is 0 Å². The number of carbonyl (C=O) groups is 1. The van der Waals surface area contributed by atoms with E-state index in [4.69, 9.17) is 5.73 Å². The van der Waals surface area contributed by atoms with E-state index >= 15 is 0 Å². The standard InChI is InChI=1S/C13H18FN3O/c1-16-5-2-6-17(8-7-16)13(18)11-4-3-10(14)9-12(11)15/h3-4,9H,2,5-8,15H2,1H3. The fraction of sp³-hybridized carbons (Fsp3) is 0.462. The van der Waals surface area contributed by atoms with Crippen LogP contribution in [0.2, 0.25) is 0 Å². The van der Waals surface area contributed by atoms with Crippen LogP contribution in [0, 0.1) is 5.82 Å². The van der Waals surface area contributed by atoms with Crippen molar-refractivity contribution in [3.05, 3.63) is 29.6 Å². The van der Waals surface area contributed by atoms with Crippen LogP contribution in [0.1, 0.15) is 16.8 Å². The molecule has 0 saturated carbocycles. The highest BCUT2D eigenvalue weighted by Gasteiger charge is 2.20. The third-order valence-corrected chi connectivity index (χ3v) is 3.25. The van der Waals surface area contributed by atoms with Gasteiger partial charge in [-0.05, 0) is 38.2 Å². The Kier molecular flexibility index (Phi) is 3.81. The summed E-state index contributed by atoms with van der Waals surface area (Å²) in [5.74, 6) is -0.526. The van der Waals surface area contributed by atoms with E-state index in [2.05, 4.69) is 4.90 Å². The fourth-order valence-electron chi connectivity index (χ4n) is 2.15. The van der Waals surface area contributed by atoms with Gasteiger partial charge in [0.2, 0.25) is 0 Å². The Morgan fingerprint density at radius 3 is 2.78 bits per heavy atom. The first-order valence-electron chi connectivity index (χ1n) is 6.11. The van der Waals surface area contributed by atoms with Crippen LogP contribution in [-0.4, -0.2) is 48.9 Å². The van der Waals surface area contributed by atoms with Gasteiger partial charge in [0.1, 0.15) is 5.82 Å². The average molecular weight is 251 g/mol. The van der Waals surface area contributed by atoms with E-state index in [1.165, 1.54) is 18.2 Å². The quantitative estimate of drug-likeness (QED) is 0.763. The maximum Gasteiger partial charge on any atom is 0.255 e. The van der Waals surface area contributed by atoms with Crippen molar-refractivity contribution in [1.29, 1.82) is 0 Å². The number of hydrogen-bond donors (Lipinski definition) is 1. The first kappa shape index (κ1) is 12.8. The Morgan fingerprint density at radius 1 is 1.28 bits per heavy atom. The molecule has 1 saturated heterocycles. The van der Waals surface area contributed by atoms with Crippen LogP contribution in [0.15, 0.2) is 18.2 Å². The summed E-state index contributed by atoms with van der Waals surface area (Å²) in [4.78, 5) is 16.3. The Labute approximate surface area is 106 Å². The van der Waals surface area contributed by atoms with Crippen molar-refractivity contribution in [2.45, 2.75) is 6.42 Å². The van der Waals surface area contributed by atoms with Crippen LogP contribution >= 0.6 is 0 Å². The number of benzene rings is 1. The number of nitrogens with two attached hydrogens (primary N) is 1. The molecule has 1 aromatic rings. The molecule has 0 bridgehead atoms. The number of nitrogen functional groups attached to an aromatic ring is 1. The second-order valence-corrected chi connectivity index (χ2v) is 4.68. The summed E-state index contributed by atoms with van der Waals surface area (Å²) in [5, 5.41) is 0. The molecule has 1 aliphatic rings. The molecule has 1 heterocycles. The zero-order valence-corrected chi connectivity index (χ0v) is 10.5. The largest absolute Gasteiger partial charge is 0.398 e. The molecule has 0 atom stereocenters. The summed E-state index contributed by atoms with van der Waals surface area (Å²) < 4.78 is 13.0. The average Bonchev–Trinajstić information content (AvgIpc) is 2.53. The molecule has 0 aliphatic carbocycles. The zero-order valence-electron chi connectivity index (χ0n) is 10.5. The van der Waals surface area contributed by atoms with Crippen molar-refractivity contribution in [2.24, 2.45) is 0 Å². The number of carbonyl (C=O) groups excluding carboxylic acids is 1. The molecule has 2 rings (SSSR count). The smallest absolute Gasteiger partial charge is 0.255 e. The van der Waals surface area contributed by atoms with Crippen molar-refractivity contribution in [3.8, 4) is 0 Å². The number of hydrogen-bond acceptors (Lipinski definition) is 3. The normalized spacial score (nSPS) is 17.6. The van der Waals surface area contributed by atoms with Crippen LogP contribution in [0.4, 0.5) is 10.1 Å². The maximum absolute atomic E-state index is 13.0. The fourth-order valence-corrected chi connectivity index (χ4v) is 2.15. The lowest BCUT2D eigenvalue weighted by Gasteiger charge is -2.21. The molecule has 0 unspecified atom stereocenters. The highest BCUT2D eigenvalue weighted by atomic mass is 19.1. The van der Waals surface area contributed by atoms with E-state index < -0.39 is 5.82 Å². The zero-order chi connectivity index (χ0) is 13.1. The first-order valence-corrected chi connectivity index (χ1v) is 6.11. The minimum Gasteiger partial charge on any atom is -0.398 e. The van der Waals surface area contributed by atoms with E-state index in [0.29, 0.717) is 12.1 Å². The predicted molar refractivity (Wildman–Crippen MR) is 68.8 cm³/mol. The number of halogens is 1. The third-order valence-electron chi connectivity index (χ3n) is 3.25. The molecule has 0 radical (unpaired) electrons. The molecule has 4 nitrogen and oxygen atoms in total. The van der Waals surface area contributed by atoms with E-state index in [0.717, 1.165) is 26.1 Å². The second-order valence-electron chi connectivity index (χ2n) is 4.68. The Bertz CT molecular complexity index is 450. The summed E-state index contributed by atoms with van der Waals surface area (Å²) in [6.45, 7) is 3.25. The molecule has 1 aliphatic heterocycles. The van der Waals surface area contributed by atoms with Gasteiger partial charge in [-0.3, -0.25) is 4.79 Å². The van der Waals surface area contributed by atoms with E-state index in [1.54, 1.807) is 4.90 Å². The lowest BCUT2D eigenvalue weighted by Crippen LogP contribution is -2.34. The minimum absolute atomic E-state index is 0.109. The van der Waals surface area contributed by atoms with Crippen LogP contribution in [0.3, 0.4) is 0 Å². The topological polar surface area (TPSA) is 49.6 Å². The minimum atomic E-state index is -0.417. The van der Waals surface area contributed by atoms with Gasteiger partial charge in [0.05, 0.1) is 5.56 Å². The van der Waals surface area contributed by atoms with Crippen molar-refractivity contribution >= 4 is 11.6 Å². The monoisotopic (exact) mass is 251 g/mol. The molecule has 5 heteroatoms. The summed E-state index contributed by atoms with van der Waals surface area (Å²) in [6, 6.07) is 3.92. The molecular formula is C13H18FN3O. The predicted octanol–water partition coefficient (Wildman–Crippen LogP) is 1.19. The number of anilines is 1. The Morgan fingerprint density at radius 2 is 2.06 bits per heavy atom. The summed E-state index contributed by atoms with van der Waals surface area (Å²) in [5.41, 5.74) is 6.29. The Balaban J connectivity index is 2.15. The number of rotatable bonds is 1. The van der Waals surface area contributed by atoms with E-state index in [-0.39, 0.29) is 11.6 Å². The van der Waals surface area contributed by atoms with Crippen molar-refractivity contribution in [1.82, 2.24) is 9.80 Å². The highest BCUT2D eigenvalue weighted by Crippen LogP contribution is 2.16. The summed E-state index contributed by atoms with van der Waals surface area (Å²) >= 11 is 0. The molecule has 0 spiro atoms. The van der Waals surface area contributed by atoms with Gasteiger partial charge in [0.15, 0.2) is 0 Å². The van der Waals surface area contributed by atoms with Gasteiger partial charge in [0, 0.05) is 25.3 Å². The molecule has 2 N–H and O–H groups in total. The van der Waals surface area contributed by atoms with Gasteiger partial charge in [-0.15, -0.1) is 0 Å². The molecule has 98 valence electrons. The van der Waals surface area contributed by atoms with Gasteiger partial charge in [-0.1, -0.05) is 0 Å². The van der Waals surface area contributed by atoms with Gasteiger partial charge in [-0.25, -0.2) is 4.39 Å². The lowest BCUT2D eigenvalue weighted by atomic mass is 10.1. The first-order chi connectivity index (χ1) is 8.58. The summed E-state index contributed by atoms with van der Waals surface area (Å²) in [6.07, 6.45) is 0.948. The summed E-state index contributed by atoms with van der Waals surface area (Å²) in [7, 11) is 2.04.